The van der Waals surface area contributed by atoms with Crippen LogP contribution in [-0.2, 0) is 13.0 Å². The highest BCUT2D eigenvalue weighted by molar-refractivity contribution is 5.25. The van der Waals surface area contributed by atoms with Crippen LogP contribution in [0.5, 0.6) is 0 Å². The summed E-state index contributed by atoms with van der Waals surface area (Å²) in [5.74, 6) is 0.707. The van der Waals surface area contributed by atoms with Crippen LogP contribution in [0.1, 0.15) is 49.2 Å². The predicted molar refractivity (Wildman–Crippen MR) is 89.2 cm³/mol. The van der Waals surface area contributed by atoms with Crippen LogP contribution in [0.2, 0.25) is 0 Å². The van der Waals surface area contributed by atoms with Gasteiger partial charge in [-0.15, -0.1) is 0 Å². The summed E-state index contributed by atoms with van der Waals surface area (Å²) in [6.45, 7) is 9.63. The molecule has 1 aromatic heterocycles. The maximum absolute atomic E-state index is 4.43. The number of nitrogens with one attached hydrogen (secondary N) is 1. The normalized spacial score (nSPS) is 12.6. The molecule has 0 fully saturated rings. The molecule has 1 atom stereocenters. The van der Waals surface area contributed by atoms with Gasteiger partial charge in [0.25, 0.3) is 0 Å². The number of aryl methyl sites for hydroxylation is 1. The number of hydrogen-bond acceptors (Lipinski definition) is 2. The van der Waals surface area contributed by atoms with Crippen LogP contribution in [0.4, 0.5) is 0 Å². The maximum atomic E-state index is 4.43. The van der Waals surface area contributed by atoms with Crippen LogP contribution in [0.25, 0.3) is 0 Å². The first-order valence-corrected chi connectivity index (χ1v) is 7.79. The summed E-state index contributed by atoms with van der Waals surface area (Å²) in [4.78, 5) is 4.43. The highest BCUT2D eigenvalue weighted by atomic mass is 14.9. The summed E-state index contributed by atoms with van der Waals surface area (Å²) in [6, 6.07) is 13.4. The molecule has 2 nitrogen and oxygen atoms in total. The smallest absolute Gasteiger partial charge is 0.0570 e. The van der Waals surface area contributed by atoms with Gasteiger partial charge in [-0.3, -0.25) is 4.98 Å². The van der Waals surface area contributed by atoms with E-state index in [0.29, 0.717) is 12.0 Å². The van der Waals surface area contributed by atoms with Crippen LogP contribution in [-0.4, -0.2) is 4.98 Å². The molecule has 0 bridgehead atoms. The molecule has 0 aliphatic carbocycles. The molecule has 0 aliphatic heterocycles. The minimum absolute atomic E-state index is 0.333. The molecule has 0 saturated carbocycles. The first-order chi connectivity index (χ1) is 10.1. The van der Waals surface area contributed by atoms with Crippen LogP contribution >= 0.6 is 0 Å². The second kappa shape index (κ2) is 7.37. The van der Waals surface area contributed by atoms with E-state index < -0.39 is 0 Å². The van der Waals surface area contributed by atoms with Crippen molar-refractivity contribution in [2.45, 2.75) is 46.7 Å². The lowest BCUT2D eigenvalue weighted by atomic mass is 10.00. The van der Waals surface area contributed by atoms with Crippen LogP contribution < -0.4 is 5.32 Å². The fourth-order valence-corrected chi connectivity index (χ4v) is 2.48. The van der Waals surface area contributed by atoms with Crippen molar-refractivity contribution in [1.82, 2.24) is 10.3 Å². The summed E-state index contributed by atoms with van der Waals surface area (Å²) >= 11 is 0. The van der Waals surface area contributed by atoms with Gasteiger partial charge in [0.2, 0.25) is 0 Å². The van der Waals surface area contributed by atoms with Gasteiger partial charge in [-0.1, -0.05) is 44.2 Å². The molecule has 0 amide bonds. The van der Waals surface area contributed by atoms with Gasteiger partial charge in [0.15, 0.2) is 0 Å². The SMILES string of the molecule is Cc1cccnc1CNC(C)c1ccc(CC(C)C)cc1. The number of nitrogens with zero attached hydrogens (tertiary/aromatic N) is 1. The Balaban J connectivity index is 1.94. The zero-order valence-corrected chi connectivity index (χ0v) is 13.6. The van der Waals surface area contributed by atoms with E-state index in [2.05, 4.69) is 68.3 Å². The van der Waals surface area contributed by atoms with Crippen LogP contribution in [0.15, 0.2) is 42.6 Å². The van der Waals surface area contributed by atoms with Crippen molar-refractivity contribution >= 4 is 0 Å². The van der Waals surface area contributed by atoms with Crippen LogP contribution in [0.3, 0.4) is 0 Å². The van der Waals surface area contributed by atoms with Gasteiger partial charge in [0, 0.05) is 18.8 Å². The van der Waals surface area contributed by atoms with Crippen molar-refractivity contribution in [2.75, 3.05) is 0 Å². The van der Waals surface area contributed by atoms with Gasteiger partial charge in [0.05, 0.1) is 5.69 Å². The van der Waals surface area contributed by atoms with E-state index >= 15 is 0 Å². The molecule has 2 aromatic rings. The lowest BCUT2D eigenvalue weighted by Gasteiger charge is -2.15. The van der Waals surface area contributed by atoms with Crippen LogP contribution in [0, 0.1) is 12.8 Å². The summed E-state index contributed by atoms with van der Waals surface area (Å²) in [6.07, 6.45) is 3.00. The summed E-state index contributed by atoms with van der Waals surface area (Å²) < 4.78 is 0. The standard InChI is InChI=1S/C19H26N2/c1-14(2)12-17-7-9-18(10-8-17)16(4)21-13-19-15(3)6-5-11-20-19/h5-11,14,16,21H,12-13H2,1-4H3. The molecule has 1 unspecified atom stereocenters. The Morgan fingerprint density at radius 2 is 1.76 bits per heavy atom. The third kappa shape index (κ3) is 4.68. The number of hydrogen-bond donors (Lipinski definition) is 1. The van der Waals surface area contributed by atoms with Gasteiger partial charge in [-0.25, -0.2) is 0 Å². The van der Waals surface area contributed by atoms with Gasteiger partial charge in [-0.05, 0) is 48.9 Å². The maximum Gasteiger partial charge on any atom is 0.0570 e. The molecule has 112 valence electrons. The molecule has 1 heterocycles. The molecular weight excluding hydrogens is 256 g/mol. The minimum atomic E-state index is 0.333. The summed E-state index contributed by atoms with van der Waals surface area (Å²) in [5, 5.41) is 3.55. The fourth-order valence-electron chi connectivity index (χ4n) is 2.48. The van der Waals surface area contributed by atoms with E-state index in [1.165, 1.54) is 16.7 Å². The van der Waals surface area contributed by atoms with E-state index in [1.807, 2.05) is 12.3 Å². The molecule has 0 aliphatic rings. The van der Waals surface area contributed by atoms with E-state index in [4.69, 9.17) is 0 Å². The Hall–Kier alpha value is -1.67. The van der Waals surface area contributed by atoms with Crippen molar-refractivity contribution in [2.24, 2.45) is 5.92 Å². The molecular formula is C19H26N2. The lowest BCUT2D eigenvalue weighted by Crippen LogP contribution is -2.19. The Bertz CT molecular complexity index is 558. The molecule has 1 N–H and O–H groups in total. The van der Waals surface area contributed by atoms with E-state index in [0.717, 1.165) is 18.7 Å². The number of benzene rings is 1. The minimum Gasteiger partial charge on any atom is -0.305 e. The Kier molecular flexibility index (Phi) is 5.51. The van der Waals surface area contributed by atoms with Crippen molar-refractivity contribution in [3.63, 3.8) is 0 Å². The molecule has 2 rings (SSSR count). The van der Waals surface area contributed by atoms with E-state index in [-0.39, 0.29) is 0 Å². The molecule has 0 spiro atoms. The van der Waals surface area contributed by atoms with Crippen molar-refractivity contribution in [1.29, 1.82) is 0 Å². The van der Waals surface area contributed by atoms with Gasteiger partial charge in [-0.2, -0.15) is 0 Å². The van der Waals surface area contributed by atoms with Crippen molar-refractivity contribution < 1.29 is 0 Å². The summed E-state index contributed by atoms with van der Waals surface area (Å²) in [7, 11) is 0. The second-order valence-electron chi connectivity index (χ2n) is 6.21. The van der Waals surface area contributed by atoms with Gasteiger partial charge >= 0.3 is 0 Å². The predicted octanol–water partition coefficient (Wildman–Crippen LogP) is 4.44. The molecule has 1 aromatic carbocycles. The first-order valence-electron chi connectivity index (χ1n) is 7.79. The average Bonchev–Trinajstić information content (AvgIpc) is 2.46. The second-order valence-corrected chi connectivity index (χ2v) is 6.21. The molecule has 21 heavy (non-hydrogen) atoms. The fraction of sp³-hybridized carbons (Fsp3) is 0.421. The van der Waals surface area contributed by atoms with Crippen molar-refractivity contribution in [3.8, 4) is 0 Å². The zero-order chi connectivity index (χ0) is 15.2. The average molecular weight is 282 g/mol. The Labute approximate surface area is 128 Å². The summed E-state index contributed by atoms with van der Waals surface area (Å²) in [5.41, 5.74) is 5.11. The Morgan fingerprint density at radius 1 is 1.05 bits per heavy atom. The first kappa shape index (κ1) is 15.7. The zero-order valence-electron chi connectivity index (χ0n) is 13.6. The molecule has 2 heteroatoms. The van der Waals surface area contributed by atoms with E-state index in [9.17, 15) is 0 Å². The molecule has 0 saturated heterocycles. The van der Waals surface area contributed by atoms with Crippen molar-refractivity contribution in [3.05, 3.63) is 65.0 Å². The number of aromatic nitrogens is 1. The number of pyridine rings is 1. The quantitative estimate of drug-likeness (QED) is 0.847. The highest BCUT2D eigenvalue weighted by Gasteiger charge is 2.07. The molecule has 0 radical (unpaired) electrons. The Morgan fingerprint density at radius 3 is 2.38 bits per heavy atom. The monoisotopic (exact) mass is 282 g/mol. The highest BCUT2D eigenvalue weighted by Crippen LogP contribution is 2.16. The largest absolute Gasteiger partial charge is 0.305 e. The lowest BCUT2D eigenvalue weighted by molar-refractivity contribution is 0.565. The third-order valence-corrected chi connectivity index (χ3v) is 3.82. The van der Waals surface area contributed by atoms with Gasteiger partial charge < -0.3 is 5.32 Å². The topological polar surface area (TPSA) is 24.9 Å². The number of rotatable bonds is 6. The van der Waals surface area contributed by atoms with E-state index in [1.54, 1.807) is 0 Å². The third-order valence-electron chi connectivity index (χ3n) is 3.82. The van der Waals surface area contributed by atoms with Gasteiger partial charge in [0.1, 0.15) is 0 Å².